The normalized spacial score (nSPS) is 14.0. The Balaban J connectivity index is 2.83. The summed E-state index contributed by atoms with van der Waals surface area (Å²) in [5.74, 6) is 0. The van der Waals surface area contributed by atoms with Gasteiger partial charge in [0.15, 0.2) is 0 Å². The van der Waals surface area contributed by atoms with E-state index in [2.05, 4.69) is 6.92 Å². The lowest BCUT2D eigenvalue weighted by Crippen LogP contribution is -1.83. The van der Waals surface area contributed by atoms with Crippen molar-refractivity contribution in [2.24, 2.45) is 0 Å². The molecule has 0 aliphatic heterocycles. The van der Waals surface area contributed by atoms with E-state index in [1.807, 2.05) is 0 Å². The van der Waals surface area contributed by atoms with Crippen LogP contribution in [0.2, 0.25) is 0 Å². The maximum atomic E-state index is 11.0. The van der Waals surface area contributed by atoms with E-state index in [0.717, 1.165) is 0 Å². The maximum Gasteiger partial charge on any atom is 0.498 e. The predicted octanol–water partition coefficient (Wildman–Crippen LogP) is 0.544. The van der Waals surface area contributed by atoms with Crippen molar-refractivity contribution < 1.29 is 8.60 Å². The zero-order valence-corrected chi connectivity index (χ0v) is 3.30. The molecule has 1 nitrogen and oxygen atoms in total. The highest BCUT2D eigenvalue weighted by atomic mass is 32.1. The van der Waals surface area contributed by atoms with Gasteiger partial charge in [0, 0.05) is 11.1 Å². The average molecular weight is 94.1 g/mol. The van der Waals surface area contributed by atoms with Crippen LogP contribution in [-0.2, 0) is 15.9 Å². The third kappa shape index (κ3) is 3.95. The molecular formula is C2H3FOS+. The molecule has 0 fully saturated rings. The molecule has 3 heteroatoms. The van der Waals surface area contributed by atoms with Crippen molar-refractivity contribution in [2.45, 2.75) is 5.50 Å². The van der Waals surface area contributed by atoms with Gasteiger partial charge in [-0.25, -0.2) is 0 Å². The van der Waals surface area contributed by atoms with Gasteiger partial charge in [0.2, 0.25) is 0 Å². The first-order chi connectivity index (χ1) is 2.27. The lowest BCUT2D eigenvalue weighted by Gasteiger charge is -1.55. The van der Waals surface area contributed by atoms with E-state index in [-0.39, 0.29) is 11.7 Å². The predicted molar refractivity (Wildman–Crippen MR) is 18.3 cm³/mol. The molecule has 0 aromatic carbocycles. The van der Waals surface area contributed by atoms with Gasteiger partial charge in [0.05, 0.1) is 0 Å². The largest absolute Gasteiger partial charge is 0.498 e. The molecule has 0 N–H and O–H groups in total. The highest BCUT2D eigenvalue weighted by Gasteiger charge is 2.07. The Kier molecular flexibility index (Phi) is 2.18. The quantitative estimate of drug-likeness (QED) is 0.433. The van der Waals surface area contributed by atoms with E-state index in [9.17, 15) is 4.39 Å². The molecule has 29 valence electrons. The lowest BCUT2D eigenvalue weighted by molar-refractivity contribution is 0.496. The molecule has 0 aromatic rings. The molecule has 1 radical (unpaired) electrons. The summed E-state index contributed by atoms with van der Waals surface area (Å²) < 4.78 is 20.1. The second-order valence-corrected chi connectivity index (χ2v) is 1.21. The summed E-state index contributed by atoms with van der Waals surface area (Å²) in [5, 5.41) is 0. The number of halogens is 1. The van der Waals surface area contributed by atoms with E-state index in [0.29, 0.717) is 0 Å². The molecule has 0 saturated carbocycles. The van der Waals surface area contributed by atoms with Gasteiger partial charge >= 0.3 is 17.2 Å². The molecular weight excluding hydrogens is 91.1 g/mol. The van der Waals surface area contributed by atoms with E-state index >= 15 is 0 Å². The van der Waals surface area contributed by atoms with Crippen molar-refractivity contribution in [3.8, 4) is 0 Å². The van der Waals surface area contributed by atoms with Crippen LogP contribution < -0.4 is 0 Å². The van der Waals surface area contributed by atoms with E-state index < -0.39 is 5.50 Å². The Labute approximate surface area is 33.7 Å². The molecule has 0 amide bonds. The summed E-state index contributed by atoms with van der Waals surface area (Å²) >= 11 is -0.148. The van der Waals surface area contributed by atoms with Crippen molar-refractivity contribution in [1.29, 1.82) is 0 Å². The first-order valence-corrected chi connectivity index (χ1v) is 1.83. The van der Waals surface area contributed by atoms with Crippen LogP contribution in [0.25, 0.3) is 0 Å². The van der Waals surface area contributed by atoms with Crippen molar-refractivity contribution in [2.75, 3.05) is 0 Å². The van der Waals surface area contributed by atoms with Gasteiger partial charge in [-0.3, -0.25) is 0 Å². The number of alkyl halides is 1. The van der Waals surface area contributed by atoms with E-state index in [4.69, 9.17) is 4.21 Å². The van der Waals surface area contributed by atoms with Crippen LogP contribution in [-0.4, -0.2) is 5.50 Å². The molecule has 0 saturated heterocycles. The smallest absolute Gasteiger partial charge is 0.174 e. The van der Waals surface area contributed by atoms with Crippen molar-refractivity contribution >= 4 is 11.7 Å². The van der Waals surface area contributed by atoms with Gasteiger partial charge in [-0.2, -0.15) is 4.39 Å². The zero-order valence-electron chi connectivity index (χ0n) is 2.48. The van der Waals surface area contributed by atoms with Gasteiger partial charge in [-0.1, -0.05) is 0 Å². The minimum Gasteiger partial charge on any atom is -0.174 e. The minimum atomic E-state index is -1.50. The molecule has 1 atom stereocenters. The summed E-state index contributed by atoms with van der Waals surface area (Å²) in [6.07, 6.45) is 0. The summed E-state index contributed by atoms with van der Waals surface area (Å²) in [7, 11) is 0. The van der Waals surface area contributed by atoms with E-state index in [1.54, 1.807) is 0 Å². The molecule has 0 heterocycles. The Morgan fingerprint density at radius 3 is 2.20 bits per heavy atom. The van der Waals surface area contributed by atoms with Crippen molar-refractivity contribution in [3.05, 3.63) is 6.92 Å². The third-order valence-corrected chi connectivity index (χ3v) is 0.313. The van der Waals surface area contributed by atoms with Crippen LogP contribution in [0.3, 0.4) is 0 Å². The SMILES string of the molecule is [CH2]C(F)[S+]=O. The average Bonchev–Trinajstić information content (AvgIpc) is 1.38. The summed E-state index contributed by atoms with van der Waals surface area (Å²) in [5.41, 5.74) is -1.50. The fourth-order valence-corrected chi connectivity index (χ4v) is 0. The van der Waals surface area contributed by atoms with Crippen LogP contribution in [0, 0.1) is 6.92 Å². The maximum absolute atomic E-state index is 11.0. The Morgan fingerprint density at radius 1 is 2.00 bits per heavy atom. The Bertz CT molecular complexity index is 36.6. The third-order valence-electron chi connectivity index (χ3n) is 0.104. The molecule has 0 aromatic heterocycles. The van der Waals surface area contributed by atoms with Crippen LogP contribution in [0.15, 0.2) is 0 Å². The standard InChI is InChI=1S/C2H3FOS/c1-2(3)5-4/h2H,1H2/q+1. The molecule has 0 spiro atoms. The second kappa shape index (κ2) is 2.20. The lowest BCUT2D eigenvalue weighted by atomic mass is 10.9. The number of hydrogen-bond acceptors (Lipinski definition) is 1. The Morgan fingerprint density at radius 2 is 2.20 bits per heavy atom. The van der Waals surface area contributed by atoms with Gasteiger partial charge in [0.25, 0.3) is 0 Å². The first-order valence-electron chi connectivity index (χ1n) is 1.03. The highest BCUT2D eigenvalue weighted by Crippen LogP contribution is 1.78. The summed E-state index contributed by atoms with van der Waals surface area (Å²) in [6, 6.07) is 0. The first kappa shape index (κ1) is 4.95. The summed E-state index contributed by atoms with van der Waals surface area (Å²) in [6.45, 7) is 2.74. The van der Waals surface area contributed by atoms with Gasteiger partial charge in [-0.15, -0.1) is 0 Å². The topological polar surface area (TPSA) is 17.1 Å². The Hall–Kier alpha value is -0.0500. The fourth-order valence-electron chi connectivity index (χ4n) is 0. The number of hydrogen-bond donors (Lipinski definition) is 0. The molecule has 0 aliphatic rings. The monoisotopic (exact) mass is 94.0 g/mol. The molecule has 5 heavy (non-hydrogen) atoms. The number of rotatable bonds is 1. The van der Waals surface area contributed by atoms with E-state index in [1.165, 1.54) is 0 Å². The van der Waals surface area contributed by atoms with Crippen LogP contribution in [0.4, 0.5) is 4.39 Å². The molecule has 0 bridgehead atoms. The van der Waals surface area contributed by atoms with Gasteiger partial charge in [0.1, 0.15) is 0 Å². The van der Waals surface area contributed by atoms with Crippen LogP contribution in [0.5, 0.6) is 0 Å². The van der Waals surface area contributed by atoms with Crippen molar-refractivity contribution in [1.82, 2.24) is 0 Å². The second-order valence-electron chi connectivity index (χ2n) is 0.506. The molecule has 0 aliphatic carbocycles. The van der Waals surface area contributed by atoms with Crippen molar-refractivity contribution in [3.63, 3.8) is 0 Å². The highest BCUT2D eigenvalue weighted by molar-refractivity contribution is 7.66. The van der Waals surface area contributed by atoms with Crippen LogP contribution in [0.1, 0.15) is 0 Å². The zero-order chi connectivity index (χ0) is 4.28. The fraction of sp³-hybridized carbons (Fsp3) is 0.500. The van der Waals surface area contributed by atoms with Crippen LogP contribution >= 0.6 is 0 Å². The minimum absolute atomic E-state index is 0.148. The molecule has 1 unspecified atom stereocenters. The summed E-state index contributed by atoms with van der Waals surface area (Å²) in [4.78, 5) is 0. The van der Waals surface area contributed by atoms with Gasteiger partial charge in [-0.05, 0) is 0 Å². The molecule has 0 rings (SSSR count). The van der Waals surface area contributed by atoms with Gasteiger partial charge < -0.3 is 0 Å².